The van der Waals surface area contributed by atoms with Gasteiger partial charge in [0, 0.05) is 21.2 Å². The van der Waals surface area contributed by atoms with Gasteiger partial charge in [0.25, 0.3) is 0 Å². The van der Waals surface area contributed by atoms with E-state index in [0.29, 0.717) is 0 Å². The molecule has 0 amide bonds. The minimum Gasteiger partial charge on any atom is -0.0619 e. The van der Waals surface area contributed by atoms with Crippen LogP contribution in [0.4, 0.5) is 0 Å². The van der Waals surface area contributed by atoms with E-state index < -0.39 is 0 Å². The van der Waals surface area contributed by atoms with Gasteiger partial charge in [0.05, 0.1) is 0 Å². The molecule has 4 rings (SSSR count). The lowest BCUT2D eigenvalue weighted by Gasteiger charge is -1.91. The normalized spacial score (nSPS) is 11.2. The van der Waals surface area contributed by atoms with Crippen molar-refractivity contribution in [1.82, 2.24) is 0 Å². The van der Waals surface area contributed by atoms with Crippen LogP contribution in [0.25, 0.3) is 25.1 Å². The number of fused-ring (bicyclic) bond motifs is 3. The lowest BCUT2D eigenvalue weighted by Crippen LogP contribution is -1.68. The number of thiophene rings is 1. The molecule has 0 aliphatic carbocycles. The summed E-state index contributed by atoms with van der Waals surface area (Å²) in [7, 11) is 0.0594. The number of benzene rings is 3. The van der Waals surface area contributed by atoms with Crippen LogP contribution in [0.15, 0.2) is 78.9 Å². The summed E-state index contributed by atoms with van der Waals surface area (Å²) in [5.41, 5.74) is 0. The molecule has 0 N–H and O–H groups in total. The third kappa shape index (κ3) is 1.59. The van der Waals surface area contributed by atoms with Gasteiger partial charge < -0.3 is 0 Å². The average Bonchev–Trinajstić information content (AvgIpc) is 2.83. The van der Waals surface area contributed by atoms with E-state index in [1.165, 1.54) is 25.1 Å². The molecule has 0 bridgehead atoms. The minimum atomic E-state index is 0.0594. The Kier molecular flexibility index (Phi) is 2.39. The fourth-order valence-electron chi connectivity index (χ4n) is 2.66. The van der Waals surface area contributed by atoms with Crippen molar-refractivity contribution in [2.75, 3.05) is 0 Å². The zero-order chi connectivity index (χ0) is 12.7. The van der Waals surface area contributed by atoms with Crippen LogP contribution in [0, 0.1) is 0 Å². The Bertz CT molecular complexity index is 803. The van der Waals surface area contributed by atoms with E-state index in [-0.39, 0.29) is 10.5 Å². The monoisotopic (exact) mass is 261 g/mol. The quantitative estimate of drug-likeness (QED) is 0.384. The molecule has 0 fully saturated rings. The Balaban J connectivity index is 2.24. The van der Waals surface area contributed by atoms with Crippen molar-refractivity contribution in [2.45, 2.75) is 0 Å². The van der Waals surface area contributed by atoms with Crippen LogP contribution >= 0.6 is 10.5 Å². The first-order chi connectivity index (χ1) is 9.45. The highest BCUT2D eigenvalue weighted by molar-refractivity contribution is 7.50. The maximum atomic E-state index is 2.27. The van der Waals surface area contributed by atoms with Gasteiger partial charge in [-0.3, -0.25) is 0 Å². The molecule has 3 aromatic carbocycles. The molecule has 4 aromatic rings. The van der Waals surface area contributed by atoms with E-state index in [1.54, 1.807) is 0 Å². The molecule has 1 aromatic heterocycles. The molecule has 1 heterocycles. The van der Waals surface area contributed by atoms with Gasteiger partial charge in [-0.1, -0.05) is 42.5 Å². The van der Waals surface area contributed by atoms with Crippen LogP contribution < -0.4 is 0 Å². The molecule has 0 atom stereocenters. The number of hydrogen-bond acceptors (Lipinski definition) is 0. The first-order valence-electron chi connectivity index (χ1n) is 6.43. The third-order valence-corrected chi connectivity index (χ3v) is 5.82. The van der Waals surface area contributed by atoms with Crippen molar-refractivity contribution in [3.8, 4) is 4.90 Å². The van der Waals surface area contributed by atoms with Crippen molar-refractivity contribution < 1.29 is 0 Å². The molecule has 1 heteroatoms. The van der Waals surface area contributed by atoms with Gasteiger partial charge in [-0.25, -0.2) is 0 Å². The standard InChI is InChI=1S/C18H13S/c1-2-8-14(9-3-1)19-17-12-6-4-10-15(17)16-11-5-7-13-18(16)19/h1-13H/q+1. The van der Waals surface area contributed by atoms with E-state index in [4.69, 9.17) is 0 Å². The SMILES string of the molecule is c1ccc(-[s+]2c3ccccc3c3ccccc32)cc1. The minimum absolute atomic E-state index is 0.0594. The van der Waals surface area contributed by atoms with Crippen LogP contribution in [0.1, 0.15) is 0 Å². The summed E-state index contributed by atoms with van der Waals surface area (Å²) in [5.74, 6) is 0. The Morgan fingerprint density at radius 3 is 1.53 bits per heavy atom. The summed E-state index contributed by atoms with van der Waals surface area (Å²) in [6.07, 6.45) is 0. The lowest BCUT2D eigenvalue weighted by atomic mass is 10.2. The largest absolute Gasteiger partial charge is 0.187 e. The summed E-state index contributed by atoms with van der Waals surface area (Å²) in [4.78, 5) is 1.40. The highest BCUT2D eigenvalue weighted by atomic mass is 32.2. The summed E-state index contributed by atoms with van der Waals surface area (Å²) in [5, 5.41) is 2.79. The fraction of sp³-hybridized carbons (Fsp3) is 0. The Hall–Kier alpha value is -2.12. The Morgan fingerprint density at radius 1 is 0.474 bits per heavy atom. The maximum absolute atomic E-state index is 2.27. The van der Waals surface area contributed by atoms with Gasteiger partial charge in [-0.05, 0) is 36.4 Å². The molecule has 0 nitrogen and oxygen atoms in total. The molecule has 19 heavy (non-hydrogen) atoms. The van der Waals surface area contributed by atoms with E-state index in [2.05, 4.69) is 78.9 Å². The Labute approximate surface area is 114 Å². The van der Waals surface area contributed by atoms with E-state index >= 15 is 0 Å². The summed E-state index contributed by atoms with van der Waals surface area (Å²) >= 11 is 0. The van der Waals surface area contributed by atoms with Gasteiger partial charge in [0.2, 0.25) is 0 Å². The molecule has 90 valence electrons. The second kappa shape index (κ2) is 4.22. The van der Waals surface area contributed by atoms with Crippen molar-refractivity contribution in [3.05, 3.63) is 78.9 Å². The van der Waals surface area contributed by atoms with Crippen LogP contribution in [0.3, 0.4) is 0 Å². The highest BCUT2D eigenvalue weighted by Crippen LogP contribution is 2.47. The van der Waals surface area contributed by atoms with Crippen molar-refractivity contribution in [2.24, 2.45) is 0 Å². The molecule has 0 unspecified atom stereocenters. The van der Waals surface area contributed by atoms with Gasteiger partial charge >= 0.3 is 0 Å². The predicted molar refractivity (Wildman–Crippen MR) is 85.3 cm³/mol. The molecular formula is C18H13S+. The van der Waals surface area contributed by atoms with Gasteiger partial charge in [-0.2, -0.15) is 0 Å². The van der Waals surface area contributed by atoms with Crippen LogP contribution in [0.5, 0.6) is 0 Å². The average molecular weight is 261 g/mol. The lowest BCUT2D eigenvalue weighted by molar-refractivity contribution is 1.76. The molecule has 0 aliphatic rings. The van der Waals surface area contributed by atoms with Crippen LogP contribution in [0.2, 0.25) is 0 Å². The maximum Gasteiger partial charge on any atom is 0.187 e. The zero-order valence-electron chi connectivity index (χ0n) is 10.4. The van der Waals surface area contributed by atoms with Crippen molar-refractivity contribution >= 4 is 30.6 Å². The van der Waals surface area contributed by atoms with Crippen molar-refractivity contribution in [3.63, 3.8) is 0 Å². The van der Waals surface area contributed by atoms with Crippen molar-refractivity contribution in [1.29, 1.82) is 0 Å². The number of rotatable bonds is 1. The van der Waals surface area contributed by atoms with Gasteiger partial charge in [0.1, 0.15) is 0 Å². The van der Waals surface area contributed by atoms with Gasteiger partial charge in [-0.15, -0.1) is 0 Å². The fourth-order valence-corrected chi connectivity index (χ4v) is 5.06. The first-order valence-corrected chi connectivity index (χ1v) is 7.65. The summed E-state index contributed by atoms with van der Waals surface area (Å²) in [6, 6.07) is 28.4. The second-order valence-corrected chi connectivity index (χ2v) is 6.57. The molecule has 0 radical (unpaired) electrons. The topological polar surface area (TPSA) is 0 Å². The van der Waals surface area contributed by atoms with E-state index in [1.807, 2.05) is 0 Å². The molecule has 0 saturated heterocycles. The number of hydrogen-bond donors (Lipinski definition) is 0. The summed E-state index contributed by atoms with van der Waals surface area (Å²) in [6.45, 7) is 0. The van der Waals surface area contributed by atoms with Crippen LogP contribution in [-0.4, -0.2) is 0 Å². The smallest absolute Gasteiger partial charge is 0.0619 e. The predicted octanol–water partition coefficient (Wildman–Crippen LogP) is 5.73. The third-order valence-electron chi connectivity index (χ3n) is 3.48. The first kappa shape index (κ1) is 10.8. The van der Waals surface area contributed by atoms with Gasteiger partial charge in [0.15, 0.2) is 14.3 Å². The highest BCUT2D eigenvalue weighted by Gasteiger charge is 2.22. The van der Waals surface area contributed by atoms with E-state index in [0.717, 1.165) is 0 Å². The second-order valence-electron chi connectivity index (χ2n) is 4.61. The zero-order valence-corrected chi connectivity index (χ0v) is 11.2. The summed E-state index contributed by atoms with van der Waals surface area (Å²) < 4.78 is 2.91. The molecule has 0 aliphatic heterocycles. The molecule has 0 spiro atoms. The van der Waals surface area contributed by atoms with Crippen LogP contribution in [-0.2, 0) is 0 Å². The Morgan fingerprint density at radius 2 is 0.947 bits per heavy atom. The van der Waals surface area contributed by atoms with E-state index in [9.17, 15) is 0 Å². The molecular weight excluding hydrogens is 248 g/mol. The molecule has 0 saturated carbocycles.